The summed E-state index contributed by atoms with van der Waals surface area (Å²) in [6.45, 7) is 4.44. The summed E-state index contributed by atoms with van der Waals surface area (Å²) in [5, 5.41) is 10.5. The summed E-state index contributed by atoms with van der Waals surface area (Å²) in [7, 11) is 1.49. The van der Waals surface area contributed by atoms with E-state index in [1.807, 2.05) is 0 Å². The standard InChI is InChI=1S/C26H20F3N3O4S/c1-16(19-6-5-7-20(34-2)23(19)35-14-4-3-12-30)22-21(24(33)32-13-15-37-25(32)31-22)17-8-10-18(11-9-17)36-26(27,28)29/h5-11,13,15H,1,3-4,14H2,2H3. The molecule has 190 valence electrons. The van der Waals surface area contributed by atoms with Crippen LogP contribution in [0, 0.1) is 11.3 Å². The van der Waals surface area contributed by atoms with Crippen molar-refractivity contribution < 1.29 is 27.4 Å². The number of benzene rings is 2. The molecule has 37 heavy (non-hydrogen) atoms. The Morgan fingerprint density at radius 1 is 1.22 bits per heavy atom. The van der Waals surface area contributed by atoms with Gasteiger partial charge in [-0.1, -0.05) is 30.8 Å². The third kappa shape index (κ3) is 5.59. The molecule has 0 unspecified atom stereocenters. The predicted molar refractivity (Wildman–Crippen MR) is 133 cm³/mol. The lowest BCUT2D eigenvalue weighted by molar-refractivity contribution is -0.274. The Bertz CT molecular complexity index is 1540. The van der Waals surface area contributed by atoms with E-state index in [2.05, 4.69) is 22.4 Å². The molecule has 0 N–H and O–H groups in total. The molecule has 2 heterocycles. The van der Waals surface area contributed by atoms with Gasteiger partial charge in [-0.3, -0.25) is 9.20 Å². The van der Waals surface area contributed by atoms with E-state index in [0.717, 1.165) is 12.1 Å². The first-order valence-electron chi connectivity index (χ1n) is 11.0. The van der Waals surface area contributed by atoms with Crippen LogP contribution in [0.15, 0.2) is 65.4 Å². The van der Waals surface area contributed by atoms with Crippen LogP contribution < -0.4 is 19.8 Å². The van der Waals surface area contributed by atoms with Gasteiger partial charge in [-0.15, -0.1) is 24.5 Å². The van der Waals surface area contributed by atoms with E-state index < -0.39 is 17.7 Å². The zero-order valence-corrected chi connectivity index (χ0v) is 20.4. The summed E-state index contributed by atoms with van der Waals surface area (Å²) >= 11 is 1.25. The lowest BCUT2D eigenvalue weighted by Gasteiger charge is -2.18. The van der Waals surface area contributed by atoms with Crippen molar-refractivity contribution in [1.29, 1.82) is 5.26 Å². The molecule has 0 saturated heterocycles. The molecule has 0 aliphatic rings. The fourth-order valence-electron chi connectivity index (χ4n) is 3.70. The van der Waals surface area contributed by atoms with E-state index in [-0.39, 0.29) is 17.9 Å². The van der Waals surface area contributed by atoms with Gasteiger partial charge in [0.05, 0.1) is 31.0 Å². The van der Waals surface area contributed by atoms with Crippen LogP contribution in [0.2, 0.25) is 0 Å². The van der Waals surface area contributed by atoms with E-state index >= 15 is 0 Å². The lowest BCUT2D eigenvalue weighted by Crippen LogP contribution is -2.19. The minimum Gasteiger partial charge on any atom is -0.493 e. The molecule has 0 atom stereocenters. The van der Waals surface area contributed by atoms with Crippen LogP contribution in [0.1, 0.15) is 24.1 Å². The van der Waals surface area contributed by atoms with Crippen molar-refractivity contribution >= 4 is 21.9 Å². The number of rotatable bonds is 9. The number of hydrogen-bond donors (Lipinski definition) is 0. The molecule has 0 spiro atoms. The normalized spacial score (nSPS) is 11.2. The predicted octanol–water partition coefficient (Wildman–Crippen LogP) is 6.07. The van der Waals surface area contributed by atoms with Gasteiger partial charge in [-0.2, -0.15) is 5.26 Å². The van der Waals surface area contributed by atoms with E-state index in [4.69, 9.17) is 14.7 Å². The van der Waals surface area contributed by atoms with Crippen molar-refractivity contribution in [2.45, 2.75) is 19.2 Å². The largest absolute Gasteiger partial charge is 0.573 e. The molecule has 0 bridgehead atoms. The maximum absolute atomic E-state index is 13.5. The van der Waals surface area contributed by atoms with Crippen LogP contribution in [0.25, 0.3) is 21.7 Å². The second-order valence-corrected chi connectivity index (χ2v) is 8.57. The average molecular weight is 528 g/mol. The minimum atomic E-state index is -4.84. The number of nitrogens with zero attached hydrogens (tertiary/aromatic N) is 3. The van der Waals surface area contributed by atoms with Crippen LogP contribution in [-0.4, -0.2) is 29.5 Å². The van der Waals surface area contributed by atoms with Crippen molar-refractivity contribution in [3.8, 4) is 34.4 Å². The second kappa shape index (κ2) is 10.8. The molecular formula is C26H20F3N3O4S. The third-order valence-electron chi connectivity index (χ3n) is 5.33. The first-order chi connectivity index (χ1) is 17.7. The molecule has 4 rings (SSSR count). The first-order valence-corrected chi connectivity index (χ1v) is 11.8. The van der Waals surface area contributed by atoms with Crippen LogP contribution >= 0.6 is 11.3 Å². The van der Waals surface area contributed by atoms with Gasteiger partial charge in [-0.25, -0.2) is 4.98 Å². The number of alkyl halides is 3. The highest BCUT2D eigenvalue weighted by atomic mass is 32.1. The monoisotopic (exact) mass is 527 g/mol. The Labute approximate surface area is 213 Å². The number of nitriles is 1. The molecule has 0 fully saturated rings. The van der Waals surface area contributed by atoms with Crippen LogP contribution in [0.5, 0.6) is 17.2 Å². The van der Waals surface area contributed by atoms with E-state index in [1.165, 1.54) is 35.0 Å². The summed E-state index contributed by atoms with van der Waals surface area (Å²) in [6, 6.07) is 12.2. The van der Waals surface area contributed by atoms with E-state index in [1.54, 1.807) is 29.8 Å². The molecule has 0 amide bonds. The quantitative estimate of drug-likeness (QED) is 0.246. The van der Waals surface area contributed by atoms with Gasteiger partial charge in [0, 0.05) is 29.1 Å². The number of unbranched alkanes of at least 4 members (excludes halogenated alkanes) is 1. The number of thiazole rings is 1. The van der Waals surface area contributed by atoms with Crippen LogP contribution in [-0.2, 0) is 0 Å². The zero-order valence-electron chi connectivity index (χ0n) is 19.5. The Kier molecular flexibility index (Phi) is 7.50. The number of fused-ring (bicyclic) bond motifs is 1. The van der Waals surface area contributed by atoms with Crippen molar-refractivity contribution in [3.05, 3.63) is 82.2 Å². The zero-order chi connectivity index (χ0) is 26.6. The number of para-hydroxylation sites is 1. The molecule has 7 nitrogen and oxygen atoms in total. The summed E-state index contributed by atoms with van der Waals surface area (Å²) in [4.78, 5) is 18.6. The Morgan fingerprint density at radius 3 is 2.65 bits per heavy atom. The maximum atomic E-state index is 13.5. The fraction of sp³-hybridized carbons (Fsp3) is 0.192. The number of halogens is 3. The molecule has 2 aromatic heterocycles. The van der Waals surface area contributed by atoms with Crippen molar-refractivity contribution in [2.24, 2.45) is 0 Å². The highest BCUT2D eigenvalue weighted by Gasteiger charge is 2.31. The number of ether oxygens (including phenoxy) is 3. The Hall–Kier alpha value is -4.30. The van der Waals surface area contributed by atoms with Gasteiger partial charge in [-0.05, 0) is 30.2 Å². The fourth-order valence-corrected chi connectivity index (χ4v) is 4.40. The summed E-state index contributed by atoms with van der Waals surface area (Å²) in [5.41, 5.74) is 1.19. The van der Waals surface area contributed by atoms with Crippen molar-refractivity contribution in [3.63, 3.8) is 0 Å². The van der Waals surface area contributed by atoms with Gasteiger partial charge in [0.2, 0.25) is 0 Å². The van der Waals surface area contributed by atoms with Gasteiger partial charge < -0.3 is 14.2 Å². The third-order valence-corrected chi connectivity index (χ3v) is 6.09. The maximum Gasteiger partial charge on any atom is 0.573 e. The molecule has 0 aliphatic heterocycles. The van der Waals surface area contributed by atoms with Crippen LogP contribution in [0.3, 0.4) is 0 Å². The molecule has 0 radical (unpaired) electrons. The molecule has 4 aromatic rings. The smallest absolute Gasteiger partial charge is 0.493 e. The SMILES string of the molecule is C=C(c1cccc(OC)c1OCCCC#N)c1nc2sccn2c(=O)c1-c1ccc(OC(F)(F)F)cc1. The molecule has 0 aliphatic carbocycles. The van der Waals surface area contributed by atoms with Gasteiger partial charge in [0.25, 0.3) is 5.56 Å². The average Bonchev–Trinajstić information content (AvgIpc) is 3.35. The van der Waals surface area contributed by atoms with Gasteiger partial charge in [0.1, 0.15) is 5.75 Å². The molecule has 2 aromatic carbocycles. The molecule has 0 saturated carbocycles. The van der Waals surface area contributed by atoms with Crippen LogP contribution in [0.4, 0.5) is 13.2 Å². The number of hydrogen-bond acceptors (Lipinski definition) is 7. The van der Waals surface area contributed by atoms with E-state index in [9.17, 15) is 18.0 Å². The summed E-state index contributed by atoms with van der Waals surface area (Å²) in [6.07, 6.45) is -2.45. The van der Waals surface area contributed by atoms with Gasteiger partial charge in [0.15, 0.2) is 16.5 Å². The Morgan fingerprint density at radius 2 is 1.97 bits per heavy atom. The van der Waals surface area contributed by atoms with E-state index in [0.29, 0.717) is 46.0 Å². The highest BCUT2D eigenvalue weighted by Crippen LogP contribution is 2.39. The molecular weight excluding hydrogens is 507 g/mol. The first kappa shape index (κ1) is 25.8. The van der Waals surface area contributed by atoms with Gasteiger partial charge >= 0.3 is 6.36 Å². The van der Waals surface area contributed by atoms with Crippen molar-refractivity contribution in [1.82, 2.24) is 9.38 Å². The van der Waals surface area contributed by atoms with Crippen molar-refractivity contribution in [2.75, 3.05) is 13.7 Å². The summed E-state index contributed by atoms with van der Waals surface area (Å²) < 4.78 is 54.6. The number of aromatic nitrogens is 2. The Balaban J connectivity index is 1.84. The minimum absolute atomic E-state index is 0.151. The summed E-state index contributed by atoms with van der Waals surface area (Å²) in [5.74, 6) is 0.392. The molecule has 11 heteroatoms. The second-order valence-electron chi connectivity index (χ2n) is 7.69. The highest BCUT2D eigenvalue weighted by molar-refractivity contribution is 7.15. The number of methoxy groups -OCH3 is 1. The lowest BCUT2D eigenvalue weighted by atomic mass is 9.96. The topological polar surface area (TPSA) is 85.9 Å².